The van der Waals surface area contributed by atoms with Crippen LogP contribution in [0.25, 0.3) is 0 Å². The van der Waals surface area contributed by atoms with Gasteiger partial charge in [0.25, 0.3) is 0 Å². The molecule has 1 fully saturated rings. The van der Waals surface area contributed by atoms with Crippen molar-refractivity contribution in [2.45, 2.75) is 44.3 Å². The summed E-state index contributed by atoms with van der Waals surface area (Å²) in [6.45, 7) is 2.76. The van der Waals surface area contributed by atoms with Gasteiger partial charge < -0.3 is 9.84 Å². The van der Waals surface area contributed by atoms with E-state index in [1.807, 2.05) is 26.2 Å². The lowest BCUT2D eigenvalue weighted by Gasteiger charge is -2.37. The number of hydrogen-bond acceptors (Lipinski definition) is 3. The summed E-state index contributed by atoms with van der Waals surface area (Å²) in [7, 11) is 1.88. The van der Waals surface area contributed by atoms with Gasteiger partial charge in [-0.3, -0.25) is 4.68 Å². The molecule has 1 saturated heterocycles. The van der Waals surface area contributed by atoms with Crippen molar-refractivity contribution in [3.8, 4) is 0 Å². The number of hydrogen-bond donors (Lipinski definition) is 1. The average Bonchev–Trinajstić information content (AvgIpc) is 2.65. The van der Waals surface area contributed by atoms with Crippen LogP contribution in [0, 0.1) is 0 Å². The molecule has 1 aromatic rings. The maximum atomic E-state index is 10.2. The second-order valence-electron chi connectivity index (χ2n) is 4.82. The molecule has 0 radical (unpaired) electrons. The summed E-state index contributed by atoms with van der Waals surface area (Å²) in [6.07, 6.45) is 5.16. The van der Waals surface area contributed by atoms with Crippen LogP contribution in [0.4, 0.5) is 0 Å². The molecule has 1 aliphatic rings. The van der Waals surface area contributed by atoms with E-state index in [2.05, 4.69) is 5.10 Å². The first-order valence-corrected chi connectivity index (χ1v) is 5.91. The highest BCUT2D eigenvalue weighted by molar-refractivity contribution is 5.03. The van der Waals surface area contributed by atoms with E-state index in [1.54, 1.807) is 4.68 Å². The van der Waals surface area contributed by atoms with Crippen molar-refractivity contribution in [2.75, 3.05) is 6.61 Å². The molecule has 2 atom stereocenters. The van der Waals surface area contributed by atoms with Crippen molar-refractivity contribution in [3.05, 3.63) is 18.0 Å². The predicted molar refractivity (Wildman–Crippen MR) is 61.1 cm³/mol. The zero-order chi connectivity index (χ0) is 11.6. The molecule has 4 heteroatoms. The van der Waals surface area contributed by atoms with Gasteiger partial charge in [0, 0.05) is 26.3 Å². The van der Waals surface area contributed by atoms with Gasteiger partial charge in [-0.1, -0.05) is 0 Å². The first kappa shape index (κ1) is 11.6. The highest BCUT2D eigenvalue weighted by Gasteiger charge is 2.35. The topological polar surface area (TPSA) is 47.3 Å². The van der Waals surface area contributed by atoms with Crippen molar-refractivity contribution in [1.29, 1.82) is 0 Å². The Morgan fingerprint density at radius 3 is 3.00 bits per heavy atom. The summed E-state index contributed by atoms with van der Waals surface area (Å²) in [5.74, 6) is 0. The van der Waals surface area contributed by atoms with Crippen LogP contribution in [0.3, 0.4) is 0 Å². The number of aliphatic hydroxyl groups excluding tert-OH is 1. The molecule has 0 spiro atoms. The Labute approximate surface area is 96.2 Å². The second kappa shape index (κ2) is 4.55. The Hall–Kier alpha value is -0.870. The van der Waals surface area contributed by atoms with Gasteiger partial charge in [-0.25, -0.2) is 0 Å². The molecule has 1 aromatic heterocycles. The van der Waals surface area contributed by atoms with Crippen molar-refractivity contribution >= 4 is 0 Å². The van der Waals surface area contributed by atoms with Crippen molar-refractivity contribution in [3.63, 3.8) is 0 Å². The maximum absolute atomic E-state index is 10.2. The maximum Gasteiger partial charge on any atom is 0.0916 e. The minimum Gasteiger partial charge on any atom is -0.390 e. The molecule has 2 rings (SSSR count). The van der Waals surface area contributed by atoms with E-state index in [9.17, 15) is 5.11 Å². The fraction of sp³-hybridized carbons (Fsp3) is 0.750. The van der Waals surface area contributed by atoms with Gasteiger partial charge in [0.05, 0.1) is 17.4 Å². The van der Waals surface area contributed by atoms with E-state index >= 15 is 0 Å². The second-order valence-corrected chi connectivity index (χ2v) is 4.82. The minimum absolute atomic E-state index is 0.393. The standard InChI is InChI=1S/C12H20N2O2/c1-12(6-3-4-8-16-12)11(15)9-10-5-7-14(2)13-10/h5,7,11,15H,3-4,6,8-9H2,1-2H3. The van der Waals surface area contributed by atoms with Crippen LogP contribution >= 0.6 is 0 Å². The van der Waals surface area contributed by atoms with Crippen LogP contribution < -0.4 is 0 Å². The monoisotopic (exact) mass is 224 g/mol. The third-order valence-electron chi connectivity index (χ3n) is 3.38. The van der Waals surface area contributed by atoms with E-state index < -0.39 is 11.7 Å². The highest BCUT2D eigenvalue weighted by atomic mass is 16.5. The molecular formula is C12H20N2O2. The van der Waals surface area contributed by atoms with Crippen LogP contribution in [0.15, 0.2) is 12.3 Å². The van der Waals surface area contributed by atoms with Crippen LogP contribution in [-0.2, 0) is 18.2 Å². The van der Waals surface area contributed by atoms with Crippen LogP contribution in [0.2, 0.25) is 0 Å². The smallest absolute Gasteiger partial charge is 0.0916 e. The quantitative estimate of drug-likeness (QED) is 0.841. The summed E-state index contributed by atoms with van der Waals surface area (Å²) in [4.78, 5) is 0. The van der Waals surface area contributed by atoms with E-state index in [1.165, 1.54) is 0 Å². The summed E-state index contributed by atoms with van der Waals surface area (Å²) in [5, 5.41) is 14.5. The van der Waals surface area contributed by atoms with Gasteiger partial charge in [-0.05, 0) is 32.3 Å². The lowest BCUT2D eigenvalue weighted by Crippen LogP contribution is -2.45. The molecule has 16 heavy (non-hydrogen) atoms. The number of ether oxygens (including phenoxy) is 1. The molecule has 0 aliphatic carbocycles. The Balaban J connectivity index is 1.98. The Morgan fingerprint density at radius 2 is 2.44 bits per heavy atom. The third-order valence-corrected chi connectivity index (χ3v) is 3.38. The molecule has 2 heterocycles. The first-order chi connectivity index (χ1) is 7.60. The number of aromatic nitrogens is 2. The summed E-state index contributed by atoms with van der Waals surface area (Å²) in [5.41, 5.74) is 0.529. The lowest BCUT2D eigenvalue weighted by atomic mass is 9.88. The summed E-state index contributed by atoms with van der Waals surface area (Å²) >= 11 is 0. The van der Waals surface area contributed by atoms with Crippen LogP contribution in [0.5, 0.6) is 0 Å². The SMILES string of the molecule is Cn1ccc(CC(O)C2(C)CCCCO2)n1. The van der Waals surface area contributed by atoms with Gasteiger partial charge in [0.2, 0.25) is 0 Å². The van der Waals surface area contributed by atoms with Crippen molar-refractivity contribution in [2.24, 2.45) is 7.05 Å². The number of aryl methyl sites for hydroxylation is 1. The average molecular weight is 224 g/mol. The van der Waals surface area contributed by atoms with Crippen molar-refractivity contribution in [1.82, 2.24) is 9.78 Å². The molecule has 0 bridgehead atoms. The Morgan fingerprint density at radius 1 is 1.62 bits per heavy atom. The first-order valence-electron chi connectivity index (χ1n) is 5.91. The van der Waals surface area contributed by atoms with Gasteiger partial charge >= 0.3 is 0 Å². The predicted octanol–water partition coefficient (Wildman–Crippen LogP) is 1.28. The molecule has 1 aliphatic heterocycles. The normalized spacial score (nSPS) is 27.9. The molecule has 4 nitrogen and oxygen atoms in total. The fourth-order valence-corrected chi connectivity index (χ4v) is 2.20. The third kappa shape index (κ3) is 2.44. The molecule has 2 unspecified atom stereocenters. The Bertz CT molecular complexity index is 343. The molecule has 1 N–H and O–H groups in total. The van der Waals surface area contributed by atoms with Crippen molar-refractivity contribution < 1.29 is 9.84 Å². The molecule has 0 amide bonds. The van der Waals surface area contributed by atoms with Crippen LogP contribution in [-0.4, -0.2) is 33.2 Å². The van der Waals surface area contributed by atoms with Gasteiger partial charge in [-0.2, -0.15) is 5.10 Å². The fourth-order valence-electron chi connectivity index (χ4n) is 2.20. The molecule has 0 saturated carbocycles. The molecule has 90 valence electrons. The Kier molecular flexibility index (Phi) is 3.30. The lowest BCUT2D eigenvalue weighted by molar-refractivity contribution is -0.135. The zero-order valence-corrected chi connectivity index (χ0v) is 10.0. The van der Waals surface area contributed by atoms with Gasteiger partial charge in [-0.15, -0.1) is 0 Å². The largest absolute Gasteiger partial charge is 0.390 e. The molecular weight excluding hydrogens is 204 g/mol. The number of nitrogens with zero attached hydrogens (tertiary/aromatic N) is 2. The number of aliphatic hydroxyl groups is 1. The van der Waals surface area contributed by atoms with Gasteiger partial charge in [0.1, 0.15) is 0 Å². The molecule has 0 aromatic carbocycles. The van der Waals surface area contributed by atoms with E-state index in [-0.39, 0.29) is 0 Å². The van der Waals surface area contributed by atoms with E-state index in [4.69, 9.17) is 4.74 Å². The van der Waals surface area contributed by atoms with E-state index in [0.717, 1.165) is 31.6 Å². The highest BCUT2D eigenvalue weighted by Crippen LogP contribution is 2.29. The van der Waals surface area contributed by atoms with E-state index in [0.29, 0.717) is 6.42 Å². The van der Waals surface area contributed by atoms with Crippen LogP contribution in [0.1, 0.15) is 31.9 Å². The zero-order valence-electron chi connectivity index (χ0n) is 10.0. The minimum atomic E-state index is -0.470. The summed E-state index contributed by atoms with van der Waals surface area (Å²) < 4.78 is 7.48. The number of rotatable bonds is 3. The van der Waals surface area contributed by atoms with Gasteiger partial charge in [0.15, 0.2) is 0 Å². The summed E-state index contributed by atoms with van der Waals surface area (Å²) in [6, 6.07) is 1.94.